The third kappa shape index (κ3) is 3.08. The summed E-state index contributed by atoms with van der Waals surface area (Å²) in [6, 6.07) is 6.28. The predicted molar refractivity (Wildman–Crippen MR) is 77.7 cm³/mol. The topological polar surface area (TPSA) is 34.1 Å². The third-order valence-electron chi connectivity index (χ3n) is 3.04. The Morgan fingerprint density at radius 2 is 2.15 bits per heavy atom. The molecule has 20 heavy (non-hydrogen) atoms. The zero-order valence-electron chi connectivity index (χ0n) is 11.4. The molecule has 0 amide bonds. The molecule has 0 spiro atoms. The van der Waals surface area contributed by atoms with Gasteiger partial charge in [-0.1, -0.05) is 24.6 Å². The quantitative estimate of drug-likeness (QED) is 0.915. The fourth-order valence-electron chi connectivity index (χ4n) is 2.08. The molecule has 3 nitrogen and oxygen atoms in total. The van der Waals surface area contributed by atoms with Crippen LogP contribution in [-0.2, 0) is 0 Å². The van der Waals surface area contributed by atoms with Crippen molar-refractivity contribution in [3.63, 3.8) is 0 Å². The molecule has 0 fully saturated rings. The molecule has 0 saturated heterocycles. The molecule has 5 heteroatoms. The smallest absolute Gasteiger partial charge is 0.132 e. The van der Waals surface area contributed by atoms with Gasteiger partial charge < -0.3 is 10.1 Å². The average Bonchev–Trinajstić information content (AvgIpc) is 2.46. The Morgan fingerprint density at radius 3 is 2.75 bits per heavy atom. The van der Waals surface area contributed by atoms with E-state index in [1.54, 1.807) is 30.6 Å². The molecular formula is C15H16ClFN2O. The highest BCUT2D eigenvalue weighted by Gasteiger charge is 2.19. The van der Waals surface area contributed by atoms with Crippen molar-refractivity contribution in [3.8, 4) is 5.75 Å². The standard InChI is InChI=1S/C15H16ClFN2O/c1-3-19-15(11-6-7-18-9-13(11)16)12-5-4-10(20-2)8-14(12)17/h4-9,15,19H,3H2,1-2H3. The molecule has 0 aliphatic rings. The second-order valence-corrected chi connectivity index (χ2v) is 4.68. The van der Waals surface area contributed by atoms with E-state index in [9.17, 15) is 4.39 Å². The van der Waals surface area contributed by atoms with Crippen LogP contribution in [0.1, 0.15) is 24.1 Å². The fraction of sp³-hybridized carbons (Fsp3) is 0.267. The molecule has 106 valence electrons. The number of halogens is 2. The number of nitrogens with one attached hydrogen (secondary N) is 1. The fourth-order valence-corrected chi connectivity index (χ4v) is 2.31. The van der Waals surface area contributed by atoms with Crippen molar-refractivity contribution in [2.75, 3.05) is 13.7 Å². The molecule has 1 aromatic heterocycles. The highest BCUT2D eigenvalue weighted by Crippen LogP contribution is 2.30. The summed E-state index contributed by atoms with van der Waals surface area (Å²) in [5.74, 6) is 0.158. The van der Waals surface area contributed by atoms with Gasteiger partial charge >= 0.3 is 0 Å². The first-order valence-electron chi connectivity index (χ1n) is 6.33. The normalized spacial score (nSPS) is 12.2. The first-order valence-corrected chi connectivity index (χ1v) is 6.71. The zero-order chi connectivity index (χ0) is 14.5. The maximum Gasteiger partial charge on any atom is 0.132 e. The zero-order valence-corrected chi connectivity index (χ0v) is 12.1. The minimum absolute atomic E-state index is 0.318. The number of methoxy groups -OCH3 is 1. The largest absolute Gasteiger partial charge is 0.497 e. The molecule has 0 bridgehead atoms. The Bertz CT molecular complexity index is 592. The molecule has 0 saturated carbocycles. The number of hydrogen-bond donors (Lipinski definition) is 1. The highest BCUT2D eigenvalue weighted by molar-refractivity contribution is 6.31. The molecule has 1 atom stereocenters. The number of benzene rings is 1. The van der Waals surface area contributed by atoms with Crippen LogP contribution in [0.3, 0.4) is 0 Å². The van der Waals surface area contributed by atoms with E-state index in [2.05, 4.69) is 10.3 Å². The van der Waals surface area contributed by atoms with Crippen molar-refractivity contribution < 1.29 is 9.13 Å². The van der Waals surface area contributed by atoms with Gasteiger partial charge in [0.05, 0.1) is 18.2 Å². The van der Waals surface area contributed by atoms with E-state index in [4.69, 9.17) is 16.3 Å². The maximum atomic E-state index is 14.2. The molecule has 2 aromatic rings. The van der Waals surface area contributed by atoms with Crippen molar-refractivity contribution in [1.29, 1.82) is 0 Å². The molecule has 1 aromatic carbocycles. The van der Waals surface area contributed by atoms with Crippen LogP contribution in [-0.4, -0.2) is 18.6 Å². The van der Waals surface area contributed by atoms with E-state index >= 15 is 0 Å². The molecule has 1 unspecified atom stereocenters. The summed E-state index contributed by atoms with van der Waals surface area (Å²) in [6.07, 6.45) is 3.20. The minimum atomic E-state index is -0.330. The van der Waals surface area contributed by atoms with Crippen molar-refractivity contribution in [2.24, 2.45) is 0 Å². The monoisotopic (exact) mass is 294 g/mol. The van der Waals surface area contributed by atoms with Crippen LogP contribution < -0.4 is 10.1 Å². The molecule has 0 aliphatic carbocycles. The number of rotatable bonds is 5. The number of pyridine rings is 1. The van der Waals surface area contributed by atoms with Gasteiger partial charge in [0, 0.05) is 24.0 Å². The van der Waals surface area contributed by atoms with Gasteiger partial charge in [-0.25, -0.2) is 4.39 Å². The summed E-state index contributed by atoms with van der Waals surface area (Å²) in [6.45, 7) is 2.65. The molecule has 1 heterocycles. The van der Waals surface area contributed by atoms with E-state index in [0.717, 1.165) is 5.56 Å². The number of hydrogen-bond acceptors (Lipinski definition) is 3. The Morgan fingerprint density at radius 1 is 1.35 bits per heavy atom. The lowest BCUT2D eigenvalue weighted by atomic mass is 9.99. The van der Waals surface area contributed by atoms with Gasteiger partial charge in [0.1, 0.15) is 11.6 Å². The lowest BCUT2D eigenvalue weighted by Gasteiger charge is -2.20. The van der Waals surface area contributed by atoms with Gasteiger partial charge in [0.25, 0.3) is 0 Å². The van der Waals surface area contributed by atoms with Gasteiger partial charge in [0.15, 0.2) is 0 Å². The van der Waals surface area contributed by atoms with Crippen molar-refractivity contribution in [3.05, 3.63) is 58.6 Å². The Kier molecular flexibility index (Phi) is 4.93. The van der Waals surface area contributed by atoms with Crippen LogP contribution >= 0.6 is 11.6 Å². The lowest BCUT2D eigenvalue weighted by molar-refractivity contribution is 0.410. The van der Waals surface area contributed by atoms with E-state index in [1.807, 2.05) is 6.92 Å². The number of aromatic nitrogens is 1. The van der Waals surface area contributed by atoms with Crippen LogP contribution in [0.2, 0.25) is 5.02 Å². The van der Waals surface area contributed by atoms with Gasteiger partial charge in [-0.2, -0.15) is 0 Å². The molecule has 2 rings (SSSR count). The first-order chi connectivity index (χ1) is 9.67. The van der Waals surface area contributed by atoms with Crippen LogP contribution in [0.25, 0.3) is 0 Å². The van der Waals surface area contributed by atoms with Crippen LogP contribution in [0.15, 0.2) is 36.7 Å². The molecule has 0 radical (unpaired) electrons. The van der Waals surface area contributed by atoms with Crippen LogP contribution in [0.5, 0.6) is 5.75 Å². The van der Waals surface area contributed by atoms with Gasteiger partial charge in [-0.15, -0.1) is 0 Å². The van der Waals surface area contributed by atoms with E-state index in [-0.39, 0.29) is 11.9 Å². The first kappa shape index (κ1) is 14.8. The third-order valence-corrected chi connectivity index (χ3v) is 3.36. The summed E-state index contributed by atoms with van der Waals surface area (Å²) >= 11 is 6.17. The van der Waals surface area contributed by atoms with Crippen molar-refractivity contribution >= 4 is 11.6 Å². The summed E-state index contributed by atoms with van der Waals surface area (Å²) in [5.41, 5.74) is 1.33. The van der Waals surface area contributed by atoms with Gasteiger partial charge in [0.2, 0.25) is 0 Å². The second-order valence-electron chi connectivity index (χ2n) is 4.28. The SMILES string of the molecule is CCNC(c1ccc(OC)cc1F)c1ccncc1Cl. The summed E-state index contributed by atoms with van der Waals surface area (Å²) in [7, 11) is 1.51. The van der Waals surface area contributed by atoms with Gasteiger partial charge in [-0.05, 0) is 24.2 Å². The second kappa shape index (κ2) is 6.68. The van der Waals surface area contributed by atoms with Crippen molar-refractivity contribution in [2.45, 2.75) is 13.0 Å². The molecular weight excluding hydrogens is 279 g/mol. The molecule has 1 N–H and O–H groups in total. The van der Waals surface area contributed by atoms with E-state index in [1.165, 1.54) is 13.2 Å². The Balaban J connectivity index is 2.46. The highest BCUT2D eigenvalue weighted by atomic mass is 35.5. The lowest BCUT2D eigenvalue weighted by Crippen LogP contribution is -2.23. The van der Waals surface area contributed by atoms with Crippen LogP contribution in [0.4, 0.5) is 4.39 Å². The van der Waals surface area contributed by atoms with Crippen LogP contribution in [0, 0.1) is 5.82 Å². The summed E-state index contributed by atoms with van der Waals surface area (Å²) < 4.78 is 19.3. The summed E-state index contributed by atoms with van der Waals surface area (Å²) in [5, 5.41) is 3.75. The Hall–Kier alpha value is -1.65. The van der Waals surface area contributed by atoms with Crippen molar-refractivity contribution in [1.82, 2.24) is 10.3 Å². The predicted octanol–water partition coefficient (Wildman–Crippen LogP) is 3.58. The minimum Gasteiger partial charge on any atom is -0.497 e. The van der Waals surface area contributed by atoms with E-state index < -0.39 is 0 Å². The van der Waals surface area contributed by atoms with Gasteiger partial charge in [-0.3, -0.25) is 4.98 Å². The number of nitrogens with zero attached hydrogens (tertiary/aromatic N) is 1. The average molecular weight is 295 g/mol. The summed E-state index contributed by atoms with van der Waals surface area (Å²) in [4.78, 5) is 3.96. The maximum absolute atomic E-state index is 14.2. The molecule has 0 aliphatic heterocycles. The Labute approximate surface area is 122 Å². The number of ether oxygens (including phenoxy) is 1. The van der Waals surface area contributed by atoms with E-state index in [0.29, 0.717) is 22.9 Å².